The van der Waals surface area contributed by atoms with Crippen molar-refractivity contribution < 1.29 is 14.6 Å². The molecule has 4 saturated carbocycles. The molecule has 3 nitrogen and oxygen atoms in total. The molecule has 2 aromatic carbocycles. The maximum Gasteiger partial charge on any atom is 0.312 e. The van der Waals surface area contributed by atoms with Crippen LogP contribution in [0.25, 0.3) is 0 Å². The third-order valence-corrected chi connectivity index (χ3v) is 10.6. The summed E-state index contributed by atoms with van der Waals surface area (Å²) in [5, 5.41) is 9.01. The molecule has 40 heavy (non-hydrogen) atoms. The third kappa shape index (κ3) is 7.92. The normalized spacial score (nSPS) is 27.9. The van der Waals surface area contributed by atoms with Crippen molar-refractivity contribution in [3.8, 4) is 5.75 Å². The highest BCUT2D eigenvalue weighted by Crippen LogP contribution is 2.59. The van der Waals surface area contributed by atoms with E-state index >= 15 is 0 Å². The summed E-state index contributed by atoms with van der Waals surface area (Å²) in [6.45, 7) is 17.1. The summed E-state index contributed by atoms with van der Waals surface area (Å²) >= 11 is 0. The van der Waals surface area contributed by atoms with Gasteiger partial charge in [-0.2, -0.15) is 0 Å². The summed E-state index contributed by atoms with van der Waals surface area (Å²) in [6.07, 6.45) is 9.84. The van der Waals surface area contributed by atoms with Crippen LogP contribution in [-0.4, -0.2) is 16.7 Å². The molecule has 0 radical (unpaired) electrons. The van der Waals surface area contributed by atoms with Gasteiger partial charge in [0.05, 0.1) is 5.41 Å². The Morgan fingerprint density at radius 3 is 1.70 bits per heavy atom. The van der Waals surface area contributed by atoms with Crippen molar-refractivity contribution in [1.82, 2.24) is 0 Å². The average Bonchev–Trinajstić information content (AvgIpc) is 2.96. The highest BCUT2D eigenvalue weighted by Gasteiger charge is 2.57. The molecule has 0 aromatic heterocycles. The number of esters is 1. The van der Waals surface area contributed by atoms with Gasteiger partial charge in [0.1, 0.15) is 11.4 Å². The van der Waals surface area contributed by atoms with Gasteiger partial charge >= 0.3 is 5.97 Å². The second-order valence-electron chi connectivity index (χ2n) is 13.7. The van der Waals surface area contributed by atoms with Gasteiger partial charge in [0.2, 0.25) is 0 Å². The van der Waals surface area contributed by atoms with Crippen LogP contribution in [0.1, 0.15) is 130 Å². The molecule has 4 bridgehead atoms. The summed E-state index contributed by atoms with van der Waals surface area (Å²) in [4.78, 5) is 12.5. The van der Waals surface area contributed by atoms with Crippen LogP contribution >= 0.6 is 0 Å². The van der Waals surface area contributed by atoms with Crippen LogP contribution < -0.4 is 0 Å². The van der Waals surface area contributed by atoms with Gasteiger partial charge in [-0.15, -0.1) is 0 Å². The highest BCUT2D eigenvalue weighted by molar-refractivity contribution is 5.76. The Balaban J connectivity index is 0.000000180. The van der Waals surface area contributed by atoms with Crippen LogP contribution in [0.3, 0.4) is 0 Å². The van der Waals surface area contributed by atoms with E-state index in [9.17, 15) is 4.79 Å². The Bertz CT molecular complexity index is 1010. The predicted octanol–water partition coefficient (Wildman–Crippen LogP) is 10.3. The number of aromatic hydroxyl groups is 1. The number of ether oxygens (including phenoxy) is 1. The minimum atomic E-state index is -0.336. The van der Waals surface area contributed by atoms with Crippen molar-refractivity contribution in [2.45, 2.75) is 124 Å². The number of hydrogen-bond donors (Lipinski definition) is 1. The zero-order chi connectivity index (χ0) is 29.5. The zero-order valence-electron chi connectivity index (χ0n) is 26.6. The van der Waals surface area contributed by atoms with Gasteiger partial charge < -0.3 is 9.84 Å². The molecule has 4 fully saturated rings. The molecule has 0 spiro atoms. The van der Waals surface area contributed by atoms with Crippen molar-refractivity contribution in [1.29, 1.82) is 0 Å². The summed E-state index contributed by atoms with van der Waals surface area (Å²) < 4.78 is 6.13. The maximum absolute atomic E-state index is 12.5. The molecule has 4 aliphatic rings. The van der Waals surface area contributed by atoms with Gasteiger partial charge in [-0.25, -0.2) is 0 Å². The fourth-order valence-electron chi connectivity index (χ4n) is 6.82. The summed E-state index contributed by atoms with van der Waals surface area (Å²) in [7, 11) is 0. The first kappa shape index (κ1) is 32.2. The van der Waals surface area contributed by atoms with Crippen LogP contribution in [0, 0.1) is 29.1 Å². The molecule has 0 aliphatic heterocycles. The first-order chi connectivity index (χ1) is 18.9. The van der Waals surface area contributed by atoms with E-state index in [4.69, 9.17) is 9.84 Å². The molecule has 222 valence electrons. The summed E-state index contributed by atoms with van der Waals surface area (Å²) in [5.74, 6) is 4.77. The third-order valence-electron chi connectivity index (χ3n) is 10.6. The van der Waals surface area contributed by atoms with Crippen LogP contribution in [-0.2, 0) is 9.53 Å². The van der Waals surface area contributed by atoms with Gasteiger partial charge in [-0.05, 0) is 131 Å². The molecule has 0 saturated heterocycles. The van der Waals surface area contributed by atoms with Crippen LogP contribution in [0.15, 0.2) is 54.6 Å². The van der Waals surface area contributed by atoms with Crippen molar-refractivity contribution >= 4 is 5.97 Å². The number of carbonyl (C=O) groups excluding carboxylic acids is 1. The van der Waals surface area contributed by atoms with Crippen LogP contribution in [0.2, 0.25) is 0 Å². The molecule has 3 heteroatoms. The minimum Gasteiger partial charge on any atom is -0.508 e. The number of rotatable bonds is 7. The van der Waals surface area contributed by atoms with Crippen LogP contribution in [0.4, 0.5) is 0 Å². The number of carbonyl (C=O) groups is 1. The molecule has 0 amide bonds. The summed E-state index contributed by atoms with van der Waals surface area (Å²) in [5.41, 5.74) is 2.24. The van der Waals surface area contributed by atoms with E-state index in [-0.39, 0.29) is 17.0 Å². The van der Waals surface area contributed by atoms with E-state index in [2.05, 4.69) is 71.9 Å². The van der Waals surface area contributed by atoms with Gasteiger partial charge in [-0.1, -0.05) is 77.1 Å². The SMILES string of the molecule is CCC(C)(C)C(=O)OC1(C)C2CC3CC(C2)CC1C3.CCC(C)c1ccc(O)cc1.CCC(C)c1ccccc1. The van der Waals surface area contributed by atoms with Crippen molar-refractivity contribution in [2.75, 3.05) is 0 Å². The van der Waals surface area contributed by atoms with E-state index in [0.717, 1.165) is 24.7 Å². The van der Waals surface area contributed by atoms with Gasteiger partial charge in [-0.3, -0.25) is 4.79 Å². The Kier molecular flexibility index (Phi) is 11.3. The Labute approximate surface area is 245 Å². The van der Waals surface area contributed by atoms with E-state index < -0.39 is 0 Å². The lowest BCUT2D eigenvalue weighted by Crippen LogP contribution is -2.58. The van der Waals surface area contributed by atoms with Crippen molar-refractivity contribution in [3.63, 3.8) is 0 Å². The molecule has 2 atom stereocenters. The lowest BCUT2D eigenvalue weighted by Gasteiger charge is -2.59. The minimum absolute atomic E-state index is 0.0185. The zero-order valence-corrected chi connectivity index (χ0v) is 26.6. The number of phenols is 1. The first-order valence-corrected chi connectivity index (χ1v) is 16.0. The molecule has 2 aromatic rings. The van der Waals surface area contributed by atoms with Crippen molar-refractivity contribution in [3.05, 3.63) is 65.7 Å². The molecular formula is C37H56O3. The number of hydrogen-bond acceptors (Lipinski definition) is 3. The van der Waals surface area contributed by atoms with Crippen LogP contribution in [0.5, 0.6) is 5.75 Å². The van der Waals surface area contributed by atoms with Gasteiger partial charge in [0.15, 0.2) is 0 Å². The average molecular weight is 549 g/mol. The second-order valence-corrected chi connectivity index (χ2v) is 13.7. The first-order valence-electron chi connectivity index (χ1n) is 16.0. The Hall–Kier alpha value is -2.29. The fraction of sp³-hybridized carbons (Fsp3) is 0.649. The Morgan fingerprint density at radius 2 is 1.27 bits per heavy atom. The topological polar surface area (TPSA) is 46.5 Å². The Morgan fingerprint density at radius 1 is 0.825 bits per heavy atom. The standard InChI is InChI=1S/C17H28O2.C10H14O.C10H14/c1-5-16(2,3)15(18)19-17(4)13-7-11-6-12(9-13)10-14(17)8-11;1-3-8(2)9-4-6-10(11)7-5-9;1-3-9(2)10-7-5-4-6-8-10/h11-14H,5-10H2,1-4H3;4-8,11H,3H2,1-2H3;4-9H,3H2,1-2H3. The monoisotopic (exact) mass is 548 g/mol. The lowest BCUT2D eigenvalue weighted by molar-refractivity contribution is -0.211. The number of phenolic OH excluding ortho intramolecular Hbond substituents is 1. The quantitative estimate of drug-likeness (QED) is 0.350. The number of benzene rings is 2. The molecule has 1 N–H and O–H groups in total. The summed E-state index contributed by atoms with van der Waals surface area (Å²) in [6, 6.07) is 18.1. The smallest absolute Gasteiger partial charge is 0.312 e. The predicted molar refractivity (Wildman–Crippen MR) is 168 cm³/mol. The lowest BCUT2D eigenvalue weighted by atomic mass is 9.50. The second kappa shape index (κ2) is 14.1. The highest BCUT2D eigenvalue weighted by atomic mass is 16.6. The van der Waals surface area contributed by atoms with E-state index in [1.807, 2.05) is 26.0 Å². The van der Waals surface area contributed by atoms with Gasteiger partial charge in [0.25, 0.3) is 0 Å². The van der Waals surface area contributed by atoms with E-state index in [1.54, 1.807) is 12.1 Å². The fourth-order valence-corrected chi connectivity index (χ4v) is 6.82. The molecule has 2 unspecified atom stereocenters. The maximum atomic E-state index is 12.5. The molecular weight excluding hydrogens is 492 g/mol. The molecule has 0 heterocycles. The van der Waals surface area contributed by atoms with E-state index in [1.165, 1.54) is 49.7 Å². The van der Waals surface area contributed by atoms with Gasteiger partial charge in [0, 0.05) is 0 Å². The molecule has 4 aliphatic carbocycles. The van der Waals surface area contributed by atoms with Crippen molar-refractivity contribution in [2.24, 2.45) is 29.1 Å². The van der Waals surface area contributed by atoms with E-state index in [0.29, 0.717) is 29.4 Å². The molecule has 6 rings (SSSR count). The largest absolute Gasteiger partial charge is 0.508 e.